The van der Waals surface area contributed by atoms with Gasteiger partial charge in [-0.05, 0) is 40.0 Å². The van der Waals surface area contributed by atoms with Crippen LogP contribution in [0.3, 0.4) is 0 Å². The van der Waals surface area contributed by atoms with Crippen molar-refractivity contribution in [2.45, 2.75) is 77.5 Å². The first-order chi connectivity index (χ1) is 11.2. The van der Waals surface area contributed by atoms with Crippen molar-refractivity contribution in [1.29, 1.82) is 0 Å². The molecule has 6 heteroatoms. The third-order valence-corrected chi connectivity index (χ3v) is 4.92. The van der Waals surface area contributed by atoms with Gasteiger partial charge < -0.3 is 14.4 Å². The summed E-state index contributed by atoms with van der Waals surface area (Å²) in [5.41, 5.74) is -0.613. The van der Waals surface area contributed by atoms with E-state index in [1.165, 1.54) is 7.11 Å². The molecule has 2 heterocycles. The maximum Gasteiger partial charge on any atom is 0.410 e. The predicted molar refractivity (Wildman–Crippen MR) is 88.4 cm³/mol. The summed E-state index contributed by atoms with van der Waals surface area (Å²) in [5.74, 6) is -1.80. The van der Waals surface area contributed by atoms with Crippen LogP contribution in [0.4, 0.5) is 4.79 Å². The molecular formula is C18H29NO5. The van der Waals surface area contributed by atoms with Crippen LogP contribution in [0.25, 0.3) is 0 Å². The number of Topliss-reactive ketones (excluding diaryl/α,β-unsaturated/α-hetero) is 1. The number of rotatable bonds is 4. The van der Waals surface area contributed by atoms with Crippen molar-refractivity contribution >= 4 is 17.8 Å². The zero-order chi connectivity index (χ0) is 18.1. The van der Waals surface area contributed by atoms with Crippen molar-refractivity contribution in [3.63, 3.8) is 0 Å². The van der Waals surface area contributed by atoms with Crippen LogP contribution in [0.15, 0.2) is 0 Å². The van der Waals surface area contributed by atoms with E-state index in [-0.39, 0.29) is 17.7 Å². The van der Waals surface area contributed by atoms with Crippen LogP contribution in [0.5, 0.6) is 0 Å². The van der Waals surface area contributed by atoms with E-state index in [1.807, 2.05) is 20.8 Å². The average molecular weight is 339 g/mol. The minimum Gasteiger partial charge on any atom is -0.468 e. The van der Waals surface area contributed by atoms with Crippen LogP contribution in [0.2, 0.25) is 0 Å². The first kappa shape index (κ1) is 18.7. The standard InChI is InChI=1S/C18H29NO5/c1-6-7-8-11-12-9-10-13(14(15(11)20)16(21)23-5)19(12)17(22)24-18(2,3)4/h11-14H,6-10H2,1-5H3/t11-,12-,13+,14?/m0/s1. The highest BCUT2D eigenvalue weighted by molar-refractivity contribution is 6.03. The molecule has 0 N–H and O–H groups in total. The van der Waals surface area contributed by atoms with Gasteiger partial charge in [0.1, 0.15) is 11.5 Å². The summed E-state index contributed by atoms with van der Waals surface area (Å²) >= 11 is 0. The number of hydrogen-bond donors (Lipinski definition) is 0. The number of carbonyl (C=O) groups excluding carboxylic acids is 3. The van der Waals surface area contributed by atoms with E-state index in [0.29, 0.717) is 12.8 Å². The van der Waals surface area contributed by atoms with Gasteiger partial charge in [0.25, 0.3) is 0 Å². The smallest absolute Gasteiger partial charge is 0.410 e. The number of fused-ring (bicyclic) bond motifs is 2. The van der Waals surface area contributed by atoms with Gasteiger partial charge in [-0.1, -0.05) is 19.8 Å². The lowest BCUT2D eigenvalue weighted by Crippen LogP contribution is -2.59. The molecule has 24 heavy (non-hydrogen) atoms. The Kier molecular flexibility index (Phi) is 5.56. The fourth-order valence-electron chi connectivity index (χ4n) is 3.94. The summed E-state index contributed by atoms with van der Waals surface area (Å²) < 4.78 is 10.4. The van der Waals surface area contributed by atoms with Gasteiger partial charge >= 0.3 is 12.1 Å². The predicted octanol–water partition coefficient (Wildman–Crippen LogP) is 2.93. The lowest BCUT2D eigenvalue weighted by Gasteiger charge is -2.42. The second-order valence-electron chi connectivity index (χ2n) is 7.75. The highest BCUT2D eigenvalue weighted by Crippen LogP contribution is 2.43. The second-order valence-corrected chi connectivity index (χ2v) is 7.75. The molecule has 2 bridgehead atoms. The molecule has 0 aliphatic carbocycles. The van der Waals surface area contributed by atoms with Crippen molar-refractivity contribution in [2.24, 2.45) is 11.8 Å². The first-order valence-corrected chi connectivity index (χ1v) is 8.84. The fourth-order valence-corrected chi connectivity index (χ4v) is 3.94. The lowest BCUT2D eigenvalue weighted by atomic mass is 9.79. The molecule has 0 aromatic heterocycles. The van der Waals surface area contributed by atoms with Crippen LogP contribution in [0, 0.1) is 11.8 Å². The largest absolute Gasteiger partial charge is 0.468 e. The molecule has 1 unspecified atom stereocenters. The Bertz CT molecular complexity index is 510. The molecule has 0 aromatic carbocycles. The normalized spacial score (nSPS) is 29.5. The SMILES string of the molecule is CCCC[C@@H]1C(=O)C(C(=O)OC)[C@H]2CC[C@@H]1N2C(=O)OC(C)(C)C. The summed E-state index contributed by atoms with van der Waals surface area (Å²) in [6, 6.07) is -0.604. The second kappa shape index (κ2) is 7.11. The third kappa shape index (κ3) is 3.57. The van der Waals surface area contributed by atoms with Gasteiger partial charge in [0.05, 0.1) is 13.2 Å². The molecule has 0 radical (unpaired) electrons. The number of unbranched alkanes of at least 4 members (excludes halogenated alkanes) is 1. The zero-order valence-corrected chi connectivity index (χ0v) is 15.3. The van der Waals surface area contributed by atoms with Crippen molar-refractivity contribution in [1.82, 2.24) is 4.90 Å². The van der Waals surface area contributed by atoms with E-state index in [9.17, 15) is 14.4 Å². The third-order valence-electron chi connectivity index (χ3n) is 4.92. The number of carbonyl (C=O) groups is 3. The van der Waals surface area contributed by atoms with E-state index in [1.54, 1.807) is 4.90 Å². The Balaban J connectivity index is 2.32. The molecule has 4 atom stereocenters. The maximum atomic E-state index is 12.9. The van der Waals surface area contributed by atoms with Gasteiger partial charge in [-0.3, -0.25) is 9.59 Å². The summed E-state index contributed by atoms with van der Waals surface area (Å²) in [5, 5.41) is 0. The zero-order valence-electron chi connectivity index (χ0n) is 15.3. The molecule has 2 rings (SSSR count). The quantitative estimate of drug-likeness (QED) is 0.581. The molecule has 2 fully saturated rings. The minimum atomic E-state index is -0.886. The fraction of sp³-hybridized carbons (Fsp3) is 0.833. The van der Waals surface area contributed by atoms with Crippen molar-refractivity contribution in [3.05, 3.63) is 0 Å². The maximum absolute atomic E-state index is 12.9. The number of piperidine rings is 1. The van der Waals surface area contributed by atoms with E-state index in [2.05, 4.69) is 6.92 Å². The Hall–Kier alpha value is -1.59. The van der Waals surface area contributed by atoms with Crippen LogP contribution in [0.1, 0.15) is 59.8 Å². The Morgan fingerprint density at radius 3 is 2.38 bits per heavy atom. The van der Waals surface area contributed by atoms with Crippen LogP contribution < -0.4 is 0 Å². The highest BCUT2D eigenvalue weighted by Gasteiger charge is 2.57. The molecule has 0 aromatic rings. The van der Waals surface area contributed by atoms with Gasteiger partial charge in [-0.2, -0.15) is 0 Å². The monoisotopic (exact) mass is 339 g/mol. The summed E-state index contributed by atoms with van der Waals surface area (Å²) in [6.45, 7) is 7.50. The number of amides is 1. The number of ketones is 1. The van der Waals surface area contributed by atoms with E-state index >= 15 is 0 Å². The topological polar surface area (TPSA) is 72.9 Å². The number of nitrogens with zero attached hydrogens (tertiary/aromatic N) is 1. The van der Waals surface area contributed by atoms with Crippen LogP contribution >= 0.6 is 0 Å². The van der Waals surface area contributed by atoms with E-state index in [4.69, 9.17) is 9.47 Å². The molecule has 2 aliphatic heterocycles. The van der Waals surface area contributed by atoms with Gasteiger partial charge in [-0.15, -0.1) is 0 Å². The molecule has 136 valence electrons. The van der Waals surface area contributed by atoms with Gasteiger partial charge in [-0.25, -0.2) is 4.79 Å². The van der Waals surface area contributed by atoms with Crippen molar-refractivity contribution in [3.8, 4) is 0 Å². The average Bonchev–Trinajstić information content (AvgIpc) is 2.84. The Labute approximate surface area is 143 Å². The van der Waals surface area contributed by atoms with Gasteiger partial charge in [0.15, 0.2) is 5.78 Å². The van der Waals surface area contributed by atoms with E-state index < -0.39 is 29.6 Å². The van der Waals surface area contributed by atoms with Crippen molar-refractivity contribution in [2.75, 3.05) is 7.11 Å². The highest BCUT2D eigenvalue weighted by atomic mass is 16.6. The lowest BCUT2D eigenvalue weighted by molar-refractivity contribution is -0.156. The van der Waals surface area contributed by atoms with Crippen LogP contribution in [-0.2, 0) is 19.1 Å². The molecule has 2 aliphatic rings. The van der Waals surface area contributed by atoms with Crippen LogP contribution in [-0.4, -0.2) is 47.5 Å². The van der Waals surface area contributed by atoms with Crippen molar-refractivity contribution < 1.29 is 23.9 Å². The minimum absolute atomic E-state index is 0.0670. The number of esters is 1. The number of hydrogen-bond acceptors (Lipinski definition) is 5. The molecule has 6 nitrogen and oxygen atoms in total. The van der Waals surface area contributed by atoms with Gasteiger partial charge in [0, 0.05) is 12.0 Å². The Morgan fingerprint density at radius 1 is 1.21 bits per heavy atom. The summed E-state index contributed by atoms with van der Waals surface area (Å²) in [4.78, 5) is 39.4. The molecule has 0 spiro atoms. The number of ether oxygens (including phenoxy) is 2. The molecule has 1 amide bonds. The van der Waals surface area contributed by atoms with Gasteiger partial charge in [0.2, 0.25) is 0 Å². The Morgan fingerprint density at radius 2 is 1.83 bits per heavy atom. The van der Waals surface area contributed by atoms with E-state index in [0.717, 1.165) is 19.3 Å². The summed E-state index contributed by atoms with van der Waals surface area (Å²) in [6.07, 6.45) is 3.50. The first-order valence-electron chi connectivity index (χ1n) is 8.84. The molecule has 2 saturated heterocycles. The number of methoxy groups -OCH3 is 1. The molecule has 0 saturated carbocycles. The molecular weight excluding hydrogens is 310 g/mol. The summed E-state index contributed by atoms with van der Waals surface area (Å²) in [7, 11) is 1.29.